The van der Waals surface area contributed by atoms with Gasteiger partial charge in [0.15, 0.2) is 0 Å². The van der Waals surface area contributed by atoms with Gasteiger partial charge in [0.1, 0.15) is 0 Å². The summed E-state index contributed by atoms with van der Waals surface area (Å²) in [5, 5.41) is 0. The lowest BCUT2D eigenvalue weighted by molar-refractivity contribution is 0.898. The van der Waals surface area contributed by atoms with Crippen molar-refractivity contribution in [2.24, 2.45) is 0 Å². The molecule has 0 fully saturated rings. The molecule has 0 aromatic carbocycles. The number of aromatic nitrogens is 1. The molecule has 1 aromatic heterocycles. The molecule has 0 atom stereocenters. The van der Waals surface area contributed by atoms with Crippen LogP contribution in [0.2, 0.25) is 0 Å². The molecular weight excluding hydrogens is 146 g/mol. The molecule has 2 rings (SSSR count). The Kier molecular flexibility index (Phi) is 3.15. The lowest BCUT2D eigenvalue weighted by Crippen LogP contribution is -1.94. The Morgan fingerprint density at radius 3 is 2.75 bits per heavy atom. The van der Waals surface area contributed by atoms with Gasteiger partial charge >= 0.3 is 0 Å². The SMILES string of the molecule is CC.CC1=Cc2cc[nH]c2CC1. The number of allylic oxidation sites excluding steroid dienone is 1. The van der Waals surface area contributed by atoms with Gasteiger partial charge in [0.2, 0.25) is 0 Å². The predicted octanol–water partition coefficient (Wildman–Crippen LogP) is 3.39. The smallest absolute Gasteiger partial charge is 0.0223 e. The van der Waals surface area contributed by atoms with Crippen LogP contribution in [0, 0.1) is 0 Å². The van der Waals surface area contributed by atoms with Gasteiger partial charge in [0, 0.05) is 11.9 Å². The first-order valence-corrected chi connectivity index (χ1v) is 4.70. The van der Waals surface area contributed by atoms with E-state index < -0.39 is 0 Å². The highest BCUT2D eigenvalue weighted by Crippen LogP contribution is 2.21. The van der Waals surface area contributed by atoms with Crippen molar-refractivity contribution >= 4 is 6.08 Å². The van der Waals surface area contributed by atoms with E-state index in [-0.39, 0.29) is 0 Å². The summed E-state index contributed by atoms with van der Waals surface area (Å²) in [7, 11) is 0. The molecule has 0 aliphatic heterocycles. The van der Waals surface area contributed by atoms with Gasteiger partial charge in [-0.3, -0.25) is 0 Å². The standard InChI is InChI=1S/C9H11N.C2H6/c1-7-2-3-9-8(6-7)4-5-10-9;1-2/h4-6,10H,2-3H2,1H3;1-2H3. The molecule has 0 saturated heterocycles. The highest BCUT2D eigenvalue weighted by Gasteiger charge is 2.06. The van der Waals surface area contributed by atoms with E-state index in [1.807, 2.05) is 20.0 Å². The summed E-state index contributed by atoms with van der Waals surface area (Å²) >= 11 is 0. The number of nitrogens with one attached hydrogen (secondary N) is 1. The van der Waals surface area contributed by atoms with Crippen molar-refractivity contribution in [1.29, 1.82) is 0 Å². The fourth-order valence-electron chi connectivity index (χ4n) is 1.43. The molecule has 0 saturated carbocycles. The monoisotopic (exact) mass is 163 g/mol. The van der Waals surface area contributed by atoms with E-state index in [0.29, 0.717) is 0 Å². The molecule has 0 radical (unpaired) electrons. The molecule has 0 amide bonds. The molecule has 0 bridgehead atoms. The minimum atomic E-state index is 1.19. The van der Waals surface area contributed by atoms with Crippen LogP contribution >= 0.6 is 0 Å². The Morgan fingerprint density at radius 2 is 2.00 bits per heavy atom. The Bertz CT molecular complexity index is 268. The lowest BCUT2D eigenvalue weighted by atomic mass is 9.99. The first-order valence-electron chi connectivity index (χ1n) is 4.70. The second-order valence-corrected chi connectivity index (χ2v) is 2.90. The molecule has 1 heterocycles. The minimum absolute atomic E-state index is 1.19. The number of aromatic amines is 1. The van der Waals surface area contributed by atoms with Crippen molar-refractivity contribution in [3.05, 3.63) is 29.1 Å². The van der Waals surface area contributed by atoms with Gasteiger partial charge in [-0.1, -0.05) is 25.5 Å². The van der Waals surface area contributed by atoms with Crippen molar-refractivity contribution < 1.29 is 0 Å². The van der Waals surface area contributed by atoms with E-state index in [0.717, 1.165) is 0 Å². The topological polar surface area (TPSA) is 15.8 Å². The minimum Gasteiger partial charge on any atom is -0.364 e. The van der Waals surface area contributed by atoms with Crippen LogP contribution in [-0.2, 0) is 6.42 Å². The molecule has 12 heavy (non-hydrogen) atoms. The third kappa shape index (κ3) is 1.79. The fourth-order valence-corrected chi connectivity index (χ4v) is 1.43. The average molecular weight is 163 g/mol. The predicted molar refractivity (Wildman–Crippen MR) is 54.1 cm³/mol. The zero-order chi connectivity index (χ0) is 8.97. The first kappa shape index (κ1) is 9.11. The normalized spacial score (nSPS) is 14.1. The van der Waals surface area contributed by atoms with E-state index in [1.54, 1.807) is 0 Å². The Morgan fingerprint density at radius 1 is 1.25 bits per heavy atom. The molecule has 66 valence electrons. The molecule has 1 aliphatic carbocycles. The Balaban J connectivity index is 0.000000336. The quantitative estimate of drug-likeness (QED) is 0.603. The second-order valence-electron chi connectivity index (χ2n) is 2.90. The third-order valence-corrected chi connectivity index (χ3v) is 2.04. The van der Waals surface area contributed by atoms with Crippen LogP contribution in [0.3, 0.4) is 0 Å². The van der Waals surface area contributed by atoms with E-state index in [2.05, 4.69) is 24.1 Å². The Hall–Kier alpha value is -0.980. The van der Waals surface area contributed by atoms with Crippen molar-refractivity contribution in [1.82, 2.24) is 4.98 Å². The number of H-pyrrole nitrogens is 1. The number of hydrogen-bond acceptors (Lipinski definition) is 0. The van der Waals surface area contributed by atoms with Gasteiger partial charge in [-0.15, -0.1) is 0 Å². The lowest BCUT2D eigenvalue weighted by Gasteiger charge is -2.08. The summed E-state index contributed by atoms with van der Waals surface area (Å²) in [6.07, 6.45) is 6.67. The summed E-state index contributed by atoms with van der Waals surface area (Å²) in [4.78, 5) is 3.23. The summed E-state index contributed by atoms with van der Waals surface area (Å²) in [5.41, 5.74) is 4.27. The van der Waals surface area contributed by atoms with Crippen LogP contribution in [0.15, 0.2) is 17.8 Å². The molecule has 0 spiro atoms. The molecule has 1 aliphatic rings. The first-order chi connectivity index (χ1) is 5.86. The average Bonchev–Trinajstić information content (AvgIpc) is 2.54. The third-order valence-electron chi connectivity index (χ3n) is 2.04. The maximum atomic E-state index is 3.23. The van der Waals surface area contributed by atoms with Crippen molar-refractivity contribution in [3.63, 3.8) is 0 Å². The molecule has 0 unspecified atom stereocenters. The van der Waals surface area contributed by atoms with Crippen LogP contribution in [0.4, 0.5) is 0 Å². The van der Waals surface area contributed by atoms with Crippen molar-refractivity contribution in [2.75, 3.05) is 0 Å². The molecule has 1 aromatic rings. The highest BCUT2D eigenvalue weighted by atomic mass is 14.7. The summed E-state index contributed by atoms with van der Waals surface area (Å²) < 4.78 is 0. The van der Waals surface area contributed by atoms with Gasteiger partial charge in [-0.25, -0.2) is 0 Å². The van der Waals surface area contributed by atoms with Crippen LogP contribution in [0.25, 0.3) is 6.08 Å². The zero-order valence-corrected chi connectivity index (χ0v) is 8.15. The summed E-state index contributed by atoms with van der Waals surface area (Å²) in [5.74, 6) is 0. The van der Waals surface area contributed by atoms with Gasteiger partial charge in [0.05, 0.1) is 0 Å². The maximum absolute atomic E-state index is 3.23. The van der Waals surface area contributed by atoms with Crippen LogP contribution < -0.4 is 0 Å². The number of fused-ring (bicyclic) bond motifs is 1. The zero-order valence-electron chi connectivity index (χ0n) is 8.15. The van der Waals surface area contributed by atoms with Crippen LogP contribution in [0.5, 0.6) is 0 Å². The largest absolute Gasteiger partial charge is 0.364 e. The fraction of sp³-hybridized carbons (Fsp3) is 0.455. The summed E-state index contributed by atoms with van der Waals surface area (Å²) in [6.45, 7) is 6.19. The Labute approximate surface area is 74.5 Å². The van der Waals surface area contributed by atoms with Gasteiger partial charge < -0.3 is 4.98 Å². The second kappa shape index (κ2) is 4.15. The molecule has 1 nitrogen and oxygen atoms in total. The summed E-state index contributed by atoms with van der Waals surface area (Å²) in [6, 6.07) is 2.14. The van der Waals surface area contributed by atoms with E-state index in [4.69, 9.17) is 0 Å². The molecule has 1 heteroatoms. The number of aryl methyl sites for hydroxylation is 1. The maximum Gasteiger partial charge on any atom is 0.0223 e. The number of hydrogen-bond donors (Lipinski definition) is 1. The molecule has 1 N–H and O–H groups in total. The van der Waals surface area contributed by atoms with E-state index in [1.165, 1.54) is 29.7 Å². The molecular formula is C11H17N. The van der Waals surface area contributed by atoms with Gasteiger partial charge in [0.25, 0.3) is 0 Å². The van der Waals surface area contributed by atoms with Gasteiger partial charge in [-0.2, -0.15) is 0 Å². The van der Waals surface area contributed by atoms with Crippen molar-refractivity contribution in [2.45, 2.75) is 33.6 Å². The van der Waals surface area contributed by atoms with Crippen molar-refractivity contribution in [3.8, 4) is 0 Å². The van der Waals surface area contributed by atoms with Crippen LogP contribution in [-0.4, -0.2) is 4.98 Å². The van der Waals surface area contributed by atoms with E-state index >= 15 is 0 Å². The van der Waals surface area contributed by atoms with E-state index in [9.17, 15) is 0 Å². The highest BCUT2D eigenvalue weighted by molar-refractivity contribution is 5.57. The van der Waals surface area contributed by atoms with Crippen LogP contribution in [0.1, 0.15) is 38.4 Å². The van der Waals surface area contributed by atoms with Gasteiger partial charge in [-0.05, 0) is 31.4 Å². The number of rotatable bonds is 0.